The lowest BCUT2D eigenvalue weighted by Crippen LogP contribution is -2.40. The van der Waals surface area contributed by atoms with Gasteiger partial charge in [0.1, 0.15) is 0 Å². The van der Waals surface area contributed by atoms with Crippen molar-refractivity contribution in [3.05, 3.63) is 0 Å². The van der Waals surface area contributed by atoms with Crippen molar-refractivity contribution >= 4 is 27.2 Å². The molecule has 2 N–H and O–H groups in total. The van der Waals surface area contributed by atoms with E-state index in [1.165, 1.54) is 10.7 Å². The summed E-state index contributed by atoms with van der Waals surface area (Å²) in [6, 6.07) is 0. The van der Waals surface area contributed by atoms with Crippen molar-refractivity contribution in [3.63, 3.8) is 0 Å². The second-order valence-electron chi connectivity index (χ2n) is 5.54. The highest BCUT2D eigenvalue weighted by Crippen LogP contribution is 2.26. The molecule has 0 aromatic rings. The average Bonchev–Trinajstić information content (AvgIpc) is 2.35. The molecule has 0 amide bonds. The first-order chi connectivity index (χ1) is 8.86. The highest BCUT2D eigenvalue weighted by Gasteiger charge is 2.27. The first-order valence-electron chi connectivity index (χ1n) is 7.14. The van der Waals surface area contributed by atoms with Crippen LogP contribution >= 0.6 is 12.2 Å². The van der Waals surface area contributed by atoms with E-state index in [0.717, 1.165) is 25.7 Å². The molecule has 1 saturated carbocycles. The second kappa shape index (κ2) is 7.55. The van der Waals surface area contributed by atoms with Gasteiger partial charge in [0.25, 0.3) is 0 Å². The molecule has 6 heteroatoms. The van der Waals surface area contributed by atoms with Crippen molar-refractivity contribution in [3.8, 4) is 0 Å². The molecule has 1 rings (SSSR count). The first kappa shape index (κ1) is 16.9. The number of hydrogen-bond donors (Lipinski definition) is 1. The lowest BCUT2D eigenvalue weighted by atomic mass is 9.91. The largest absolute Gasteiger partial charge is 0.393 e. The summed E-state index contributed by atoms with van der Waals surface area (Å²) < 4.78 is 26.4. The van der Waals surface area contributed by atoms with E-state index in [1.807, 2.05) is 13.8 Å². The van der Waals surface area contributed by atoms with Crippen molar-refractivity contribution in [2.45, 2.75) is 46.0 Å². The molecule has 4 nitrogen and oxygen atoms in total. The molecule has 0 bridgehead atoms. The lowest BCUT2D eigenvalue weighted by Gasteiger charge is -2.27. The molecule has 0 saturated heterocycles. The Morgan fingerprint density at radius 1 is 1.37 bits per heavy atom. The number of sulfonamides is 1. The van der Waals surface area contributed by atoms with Crippen LogP contribution in [0.5, 0.6) is 0 Å². The van der Waals surface area contributed by atoms with Gasteiger partial charge in [-0.05, 0) is 18.8 Å². The summed E-state index contributed by atoms with van der Waals surface area (Å²) in [5, 5.41) is 0. The Bertz CT molecular complexity index is 389. The molecule has 112 valence electrons. The maximum atomic E-state index is 12.4. The van der Waals surface area contributed by atoms with Gasteiger partial charge in [-0.1, -0.05) is 45.3 Å². The van der Waals surface area contributed by atoms with Gasteiger partial charge in [0.05, 0.1) is 10.7 Å². The molecule has 1 atom stereocenters. The number of hydrogen-bond acceptors (Lipinski definition) is 3. The van der Waals surface area contributed by atoms with E-state index in [0.29, 0.717) is 24.0 Å². The molecule has 0 aromatic heterocycles. The van der Waals surface area contributed by atoms with Crippen LogP contribution in [0.2, 0.25) is 0 Å². The maximum absolute atomic E-state index is 12.4. The van der Waals surface area contributed by atoms with Gasteiger partial charge in [-0.15, -0.1) is 0 Å². The van der Waals surface area contributed by atoms with E-state index in [2.05, 4.69) is 0 Å². The minimum absolute atomic E-state index is 0.0731. The molecule has 1 unspecified atom stereocenters. The van der Waals surface area contributed by atoms with Gasteiger partial charge in [0, 0.05) is 19.0 Å². The Hall–Kier alpha value is -0.200. The summed E-state index contributed by atoms with van der Waals surface area (Å²) in [4.78, 5) is 0.381. The maximum Gasteiger partial charge on any atom is 0.214 e. The van der Waals surface area contributed by atoms with Gasteiger partial charge in [-0.25, -0.2) is 12.7 Å². The molecule has 0 heterocycles. The highest BCUT2D eigenvalue weighted by atomic mass is 32.2. The van der Waals surface area contributed by atoms with Crippen molar-refractivity contribution in [1.29, 1.82) is 0 Å². The van der Waals surface area contributed by atoms with E-state index in [9.17, 15) is 8.42 Å². The highest BCUT2D eigenvalue weighted by molar-refractivity contribution is 7.89. The summed E-state index contributed by atoms with van der Waals surface area (Å²) in [6.07, 6.45) is 5.65. The number of rotatable bonds is 7. The standard InChI is InChI=1S/C13H26N2O2S2/c1-3-15(9-11(2)13(14)18)19(16,17)10-12-7-5-4-6-8-12/h11-12H,3-10H2,1-2H3,(H2,14,18). The smallest absolute Gasteiger partial charge is 0.214 e. The van der Waals surface area contributed by atoms with Crippen LogP contribution in [0.1, 0.15) is 46.0 Å². The zero-order valence-corrected chi connectivity index (χ0v) is 13.6. The summed E-state index contributed by atoms with van der Waals surface area (Å²) in [6.45, 7) is 4.63. The van der Waals surface area contributed by atoms with Crippen molar-refractivity contribution < 1.29 is 8.42 Å². The molecule has 0 aliphatic heterocycles. The SMILES string of the molecule is CCN(CC(C)C(N)=S)S(=O)(=O)CC1CCCCC1. The molecular weight excluding hydrogens is 280 g/mol. The molecule has 19 heavy (non-hydrogen) atoms. The van der Waals surface area contributed by atoms with Crippen LogP contribution in [-0.4, -0.2) is 36.6 Å². The van der Waals surface area contributed by atoms with Crippen LogP contribution in [0.4, 0.5) is 0 Å². The van der Waals surface area contributed by atoms with Gasteiger partial charge in [0.2, 0.25) is 10.0 Å². The van der Waals surface area contributed by atoms with E-state index < -0.39 is 10.0 Å². The van der Waals surface area contributed by atoms with Gasteiger partial charge in [-0.2, -0.15) is 0 Å². The van der Waals surface area contributed by atoms with E-state index >= 15 is 0 Å². The van der Waals surface area contributed by atoms with Crippen LogP contribution in [0.25, 0.3) is 0 Å². The predicted octanol–water partition coefficient (Wildman–Crippen LogP) is 2.14. The van der Waals surface area contributed by atoms with E-state index in [-0.39, 0.29) is 11.7 Å². The van der Waals surface area contributed by atoms with E-state index in [1.54, 1.807) is 0 Å². The number of nitrogens with zero attached hydrogens (tertiary/aromatic N) is 1. The fourth-order valence-corrected chi connectivity index (χ4v) is 4.65. The van der Waals surface area contributed by atoms with E-state index in [4.69, 9.17) is 18.0 Å². The zero-order valence-electron chi connectivity index (χ0n) is 12.0. The van der Waals surface area contributed by atoms with Crippen LogP contribution < -0.4 is 5.73 Å². The van der Waals surface area contributed by atoms with Crippen molar-refractivity contribution in [2.24, 2.45) is 17.6 Å². The molecule has 1 aliphatic rings. The Kier molecular flexibility index (Phi) is 6.69. The molecule has 1 aliphatic carbocycles. The first-order valence-corrected chi connectivity index (χ1v) is 9.15. The predicted molar refractivity (Wildman–Crippen MR) is 83.6 cm³/mol. The van der Waals surface area contributed by atoms with Crippen LogP contribution in [0.3, 0.4) is 0 Å². The summed E-state index contributed by atoms with van der Waals surface area (Å²) in [7, 11) is -3.18. The number of thiocarbonyl (C=S) groups is 1. The van der Waals surface area contributed by atoms with Crippen LogP contribution in [0.15, 0.2) is 0 Å². The summed E-state index contributed by atoms with van der Waals surface area (Å²) >= 11 is 4.93. The molecule has 0 aromatic carbocycles. The number of nitrogens with two attached hydrogens (primary N) is 1. The molecule has 1 fully saturated rings. The minimum atomic E-state index is -3.18. The van der Waals surface area contributed by atoms with Gasteiger partial charge in [-0.3, -0.25) is 0 Å². The third-order valence-corrected chi connectivity index (χ3v) is 6.37. The Morgan fingerprint density at radius 2 is 1.95 bits per heavy atom. The topological polar surface area (TPSA) is 63.4 Å². The van der Waals surface area contributed by atoms with Gasteiger partial charge in [0.15, 0.2) is 0 Å². The molecular formula is C13H26N2O2S2. The monoisotopic (exact) mass is 306 g/mol. The Labute approximate surface area is 122 Å². The fraction of sp³-hybridized carbons (Fsp3) is 0.923. The third kappa shape index (κ3) is 5.36. The Balaban J connectivity index is 2.63. The Morgan fingerprint density at radius 3 is 2.42 bits per heavy atom. The van der Waals surface area contributed by atoms with Crippen molar-refractivity contribution in [2.75, 3.05) is 18.8 Å². The lowest BCUT2D eigenvalue weighted by molar-refractivity contribution is 0.363. The van der Waals surface area contributed by atoms with Crippen LogP contribution in [-0.2, 0) is 10.0 Å². The average molecular weight is 306 g/mol. The quantitative estimate of drug-likeness (QED) is 0.732. The molecule has 0 spiro atoms. The molecule has 0 radical (unpaired) electrons. The summed E-state index contributed by atoms with van der Waals surface area (Å²) in [5.74, 6) is 0.536. The van der Waals surface area contributed by atoms with Crippen molar-refractivity contribution in [1.82, 2.24) is 4.31 Å². The second-order valence-corrected chi connectivity index (χ2v) is 8.02. The zero-order chi connectivity index (χ0) is 14.5. The third-order valence-electron chi connectivity index (χ3n) is 3.88. The van der Waals surface area contributed by atoms with Gasteiger partial charge >= 0.3 is 0 Å². The fourth-order valence-electron chi connectivity index (χ4n) is 2.59. The minimum Gasteiger partial charge on any atom is -0.393 e. The normalized spacial score (nSPS) is 19.5. The van der Waals surface area contributed by atoms with Crippen LogP contribution in [0, 0.1) is 11.8 Å². The summed E-state index contributed by atoms with van der Waals surface area (Å²) in [5.41, 5.74) is 5.58. The van der Waals surface area contributed by atoms with Gasteiger partial charge < -0.3 is 5.73 Å².